The summed E-state index contributed by atoms with van der Waals surface area (Å²) in [6.45, 7) is 3.68. The highest BCUT2D eigenvalue weighted by Crippen LogP contribution is 2.41. The zero-order valence-electron chi connectivity index (χ0n) is 13.9. The number of fused-ring (bicyclic) bond motifs is 1. The zero-order chi connectivity index (χ0) is 18.0. The van der Waals surface area contributed by atoms with Gasteiger partial charge < -0.3 is 15.0 Å². The van der Waals surface area contributed by atoms with Crippen LogP contribution in [0.2, 0.25) is 0 Å². The van der Waals surface area contributed by atoms with Crippen molar-refractivity contribution in [2.24, 2.45) is 0 Å². The number of hydrogen-bond acceptors (Lipinski definition) is 6. The minimum atomic E-state index is -0.437. The van der Waals surface area contributed by atoms with Crippen LogP contribution < -0.4 is 10.9 Å². The molecule has 2 N–H and O–H groups in total. The lowest BCUT2D eigenvalue weighted by molar-refractivity contribution is -0.144. The van der Waals surface area contributed by atoms with Crippen LogP contribution in [0.3, 0.4) is 0 Å². The molecule has 0 fully saturated rings. The van der Waals surface area contributed by atoms with Crippen LogP contribution in [0.1, 0.15) is 29.0 Å². The maximum absolute atomic E-state index is 12.2. The lowest BCUT2D eigenvalue weighted by Crippen LogP contribution is -2.20. The third-order valence-corrected chi connectivity index (χ3v) is 5.04. The minimum absolute atomic E-state index is 0.104. The first-order valence-electron chi connectivity index (χ1n) is 7.83. The summed E-state index contributed by atoms with van der Waals surface area (Å²) in [6, 6.07) is 3.48. The predicted octanol–water partition coefficient (Wildman–Crippen LogP) is 1.22. The molecule has 1 aliphatic rings. The Labute approximate surface area is 148 Å². The number of amides is 1. The number of H-pyrrole nitrogens is 1. The van der Waals surface area contributed by atoms with Gasteiger partial charge in [-0.1, -0.05) is 6.07 Å². The van der Waals surface area contributed by atoms with Crippen LogP contribution in [0, 0.1) is 6.92 Å². The first-order valence-corrected chi connectivity index (χ1v) is 8.88. The van der Waals surface area contributed by atoms with Crippen molar-refractivity contribution in [1.82, 2.24) is 14.8 Å². The first kappa shape index (κ1) is 17.3. The molecule has 25 heavy (non-hydrogen) atoms. The Bertz CT molecular complexity index is 873. The molecule has 132 valence electrons. The van der Waals surface area contributed by atoms with E-state index in [9.17, 15) is 14.4 Å². The number of nitrogens with one attached hydrogen (secondary N) is 2. The zero-order valence-corrected chi connectivity index (χ0v) is 14.7. The van der Waals surface area contributed by atoms with Gasteiger partial charge in [-0.25, -0.2) is 4.68 Å². The fraction of sp³-hybridized carbons (Fsp3) is 0.375. The number of carbonyl (C=O) groups is 2. The molecule has 0 aromatic carbocycles. The number of aryl methyl sites for hydroxylation is 1. The number of esters is 1. The molecule has 0 bridgehead atoms. The van der Waals surface area contributed by atoms with Gasteiger partial charge in [-0.05, 0) is 19.9 Å². The molecule has 8 nitrogen and oxygen atoms in total. The van der Waals surface area contributed by atoms with Crippen molar-refractivity contribution < 1.29 is 14.3 Å². The summed E-state index contributed by atoms with van der Waals surface area (Å²) >= 11 is 1.36. The highest BCUT2D eigenvalue weighted by atomic mass is 32.2. The lowest BCUT2D eigenvalue weighted by Gasteiger charge is -2.14. The average Bonchev–Trinajstić information content (AvgIpc) is 2.75. The Morgan fingerprint density at radius 2 is 2.28 bits per heavy atom. The molecule has 1 amide bonds. The normalized spacial score (nSPS) is 16.7. The van der Waals surface area contributed by atoms with Crippen LogP contribution in [0.25, 0.3) is 0 Å². The number of rotatable bonds is 4. The molecule has 1 atom stereocenters. The van der Waals surface area contributed by atoms with E-state index in [0.29, 0.717) is 17.1 Å². The van der Waals surface area contributed by atoms with Gasteiger partial charge in [-0.3, -0.25) is 14.4 Å². The van der Waals surface area contributed by atoms with Gasteiger partial charge in [0.25, 0.3) is 5.56 Å². The summed E-state index contributed by atoms with van der Waals surface area (Å²) in [6.07, 6.45) is 1.56. The first-order chi connectivity index (χ1) is 12.0. The fourth-order valence-corrected chi connectivity index (χ4v) is 3.99. The summed E-state index contributed by atoms with van der Waals surface area (Å²) in [5, 5.41) is 6.82. The van der Waals surface area contributed by atoms with Gasteiger partial charge in [-0.15, -0.1) is 11.8 Å². The van der Waals surface area contributed by atoms with Gasteiger partial charge in [0.15, 0.2) is 0 Å². The smallest absolute Gasteiger partial charge is 0.327 e. The number of carbonyl (C=O) groups excluding carboxylic acids is 2. The van der Waals surface area contributed by atoms with E-state index in [0.717, 1.165) is 5.56 Å². The van der Waals surface area contributed by atoms with Crippen LogP contribution in [0.4, 0.5) is 5.82 Å². The van der Waals surface area contributed by atoms with Gasteiger partial charge in [0.05, 0.1) is 23.3 Å². The molecular formula is C16H18N4O4S. The summed E-state index contributed by atoms with van der Waals surface area (Å²) in [5.74, 6) is -0.0000226. The number of pyridine rings is 1. The van der Waals surface area contributed by atoms with Crippen molar-refractivity contribution in [2.45, 2.75) is 25.6 Å². The topological polar surface area (TPSA) is 106 Å². The lowest BCUT2D eigenvalue weighted by atomic mass is 10.1. The van der Waals surface area contributed by atoms with Gasteiger partial charge in [0.2, 0.25) is 5.91 Å². The molecule has 0 unspecified atom stereocenters. The molecule has 1 aliphatic heterocycles. The second-order valence-electron chi connectivity index (χ2n) is 5.50. The van der Waals surface area contributed by atoms with Crippen LogP contribution in [-0.4, -0.2) is 39.0 Å². The average molecular weight is 362 g/mol. The van der Waals surface area contributed by atoms with Gasteiger partial charge >= 0.3 is 5.97 Å². The van der Waals surface area contributed by atoms with E-state index in [-0.39, 0.29) is 35.6 Å². The van der Waals surface area contributed by atoms with Crippen molar-refractivity contribution in [1.29, 1.82) is 0 Å². The molecule has 0 radical (unpaired) electrons. The molecule has 3 heterocycles. The molecule has 2 aromatic rings. The largest absolute Gasteiger partial charge is 0.465 e. The van der Waals surface area contributed by atoms with Crippen molar-refractivity contribution in [3.8, 4) is 0 Å². The Balaban J connectivity index is 2.08. The molecule has 0 aliphatic carbocycles. The Kier molecular flexibility index (Phi) is 4.93. The monoisotopic (exact) mass is 362 g/mol. The SMILES string of the molecule is CCOC(=O)Cn1nc(C)c2c1NC(=O)CS[C@H]2c1ccc[nH]c1=O. The Morgan fingerprint density at radius 1 is 1.48 bits per heavy atom. The number of nitrogens with zero attached hydrogens (tertiary/aromatic N) is 2. The molecule has 2 aromatic heterocycles. The minimum Gasteiger partial charge on any atom is -0.465 e. The maximum atomic E-state index is 12.2. The number of ether oxygens (including phenoxy) is 1. The highest BCUT2D eigenvalue weighted by Gasteiger charge is 2.31. The van der Waals surface area contributed by atoms with E-state index in [4.69, 9.17) is 4.74 Å². The van der Waals surface area contributed by atoms with Crippen LogP contribution in [-0.2, 0) is 20.9 Å². The molecule has 0 spiro atoms. The van der Waals surface area contributed by atoms with E-state index >= 15 is 0 Å². The molecule has 3 rings (SSSR count). The third-order valence-electron chi connectivity index (χ3n) is 3.79. The van der Waals surface area contributed by atoms with Gasteiger partial charge in [0.1, 0.15) is 12.4 Å². The second-order valence-corrected chi connectivity index (χ2v) is 6.60. The van der Waals surface area contributed by atoms with Crippen molar-refractivity contribution >= 4 is 29.5 Å². The maximum Gasteiger partial charge on any atom is 0.327 e. The molecule has 9 heteroatoms. The third kappa shape index (κ3) is 3.46. The Hall–Kier alpha value is -2.55. The number of aromatic nitrogens is 3. The van der Waals surface area contributed by atoms with Gasteiger partial charge in [-0.2, -0.15) is 5.10 Å². The van der Waals surface area contributed by atoms with E-state index in [2.05, 4.69) is 15.4 Å². The van der Waals surface area contributed by atoms with Crippen molar-refractivity contribution in [2.75, 3.05) is 17.7 Å². The van der Waals surface area contributed by atoms with Crippen molar-refractivity contribution in [3.05, 3.63) is 45.5 Å². The van der Waals surface area contributed by atoms with Crippen LogP contribution in [0.5, 0.6) is 0 Å². The summed E-state index contributed by atoms with van der Waals surface area (Å²) in [4.78, 5) is 38.8. The quantitative estimate of drug-likeness (QED) is 0.792. The predicted molar refractivity (Wildman–Crippen MR) is 93.6 cm³/mol. The second kappa shape index (κ2) is 7.14. The molecule has 0 saturated heterocycles. The van der Waals surface area contributed by atoms with E-state index in [1.165, 1.54) is 16.4 Å². The number of thioether (sulfide) groups is 1. The highest BCUT2D eigenvalue weighted by molar-refractivity contribution is 8.00. The standard InChI is InChI=1S/C16H18N4O4S/c1-3-24-12(22)7-20-15-13(9(2)19-20)14(25-8-11(21)18-15)10-5-4-6-17-16(10)23/h4-6,14H,3,7-8H2,1-2H3,(H,17,23)(H,18,21)/t14-/m0/s1. The van der Waals surface area contributed by atoms with E-state index in [1.54, 1.807) is 32.2 Å². The van der Waals surface area contributed by atoms with E-state index < -0.39 is 5.97 Å². The van der Waals surface area contributed by atoms with E-state index in [1.807, 2.05) is 0 Å². The summed E-state index contributed by atoms with van der Waals surface area (Å²) < 4.78 is 6.39. The fourth-order valence-electron chi connectivity index (χ4n) is 2.78. The number of hydrogen-bond donors (Lipinski definition) is 2. The van der Waals surface area contributed by atoms with Crippen molar-refractivity contribution in [3.63, 3.8) is 0 Å². The van der Waals surface area contributed by atoms with Crippen LogP contribution in [0.15, 0.2) is 23.1 Å². The summed E-state index contributed by atoms with van der Waals surface area (Å²) in [5.41, 5.74) is 1.72. The number of aromatic amines is 1. The summed E-state index contributed by atoms with van der Waals surface area (Å²) in [7, 11) is 0. The number of anilines is 1. The molecular weight excluding hydrogens is 344 g/mol. The van der Waals surface area contributed by atoms with Gasteiger partial charge in [0, 0.05) is 17.3 Å². The molecule has 0 saturated carbocycles. The Morgan fingerprint density at radius 3 is 3.00 bits per heavy atom. The van der Waals surface area contributed by atoms with Crippen LogP contribution >= 0.6 is 11.8 Å².